The van der Waals surface area contributed by atoms with Crippen LogP contribution >= 0.6 is 23.2 Å². The number of allylic oxidation sites excluding steroid dienone is 1. The van der Waals surface area contributed by atoms with Crippen LogP contribution in [-0.2, 0) is 6.61 Å². The second kappa shape index (κ2) is 10.9. The second-order valence-corrected chi connectivity index (χ2v) is 6.43. The largest absolute Gasteiger partial charge is 0.485 e. The van der Waals surface area contributed by atoms with Gasteiger partial charge in [0.1, 0.15) is 17.4 Å². The third-order valence-corrected chi connectivity index (χ3v) is 4.10. The predicted molar refractivity (Wildman–Crippen MR) is 105 cm³/mol. The maximum Gasteiger partial charge on any atom is 0.217 e. The van der Waals surface area contributed by atoms with Gasteiger partial charge >= 0.3 is 0 Å². The van der Waals surface area contributed by atoms with Crippen LogP contribution in [0.3, 0.4) is 0 Å². The maximum absolute atomic E-state index is 6.00. The van der Waals surface area contributed by atoms with Crippen LogP contribution in [0.15, 0.2) is 42.4 Å². The molecule has 0 bridgehead atoms. The number of nitrogens with zero attached hydrogens (tertiary/aromatic N) is 2. The summed E-state index contributed by atoms with van der Waals surface area (Å²) in [6, 6.07) is 5.20. The Morgan fingerprint density at radius 2 is 1.96 bits per heavy atom. The number of halogens is 2. The van der Waals surface area contributed by atoms with Crippen LogP contribution in [-0.4, -0.2) is 23.6 Å². The lowest BCUT2D eigenvalue weighted by Crippen LogP contribution is -2.02. The van der Waals surface area contributed by atoms with Gasteiger partial charge < -0.3 is 14.8 Å². The fourth-order valence-corrected chi connectivity index (χ4v) is 2.38. The lowest BCUT2D eigenvalue weighted by Gasteiger charge is -2.14. The highest BCUT2D eigenvalue weighted by atomic mass is 35.5. The zero-order chi connectivity index (χ0) is 18.8. The lowest BCUT2D eigenvalue weighted by atomic mass is 9.94. The molecule has 3 rings (SSSR count). The van der Waals surface area contributed by atoms with Crippen LogP contribution in [0.4, 0.5) is 0 Å². The first-order chi connectivity index (χ1) is 12.6. The highest BCUT2D eigenvalue weighted by molar-refractivity contribution is 6.32. The van der Waals surface area contributed by atoms with Gasteiger partial charge in [-0.1, -0.05) is 28.8 Å². The quantitative estimate of drug-likeness (QED) is 0.742. The molecular formula is C19H23Cl2N3O2. The van der Waals surface area contributed by atoms with Crippen molar-refractivity contribution in [3.8, 4) is 11.6 Å². The summed E-state index contributed by atoms with van der Waals surface area (Å²) in [6.45, 7) is 2.72. The molecule has 1 fully saturated rings. The molecule has 0 unspecified atom stereocenters. The predicted octanol–water partition coefficient (Wildman–Crippen LogP) is 5.03. The molecule has 0 saturated heterocycles. The molecular weight excluding hydrogens is 373 g/mol. The monoisotopic (exact) mass is 395 g/mol. The van der Waals surface area contributed by atoms with Crippen molar-refractivity contribution in [3.63, 3.8) is 0 Å². The summed E-state index contributed by atoms with van der Waals surface area (Å²) in [7, 11) is 1.95. The molecule has 0 amide bonds. The van der Waals surface area contributed by atoms with E-state index in [0.717, 1.165) is 5.69 Å². The number of aromatic nitrogens is 2. The fraction of sp³-hybridized carbons (Fsp3) is 0.368. The third-order valence-electron chi connectivity index (χ3n) is 3.60. The Labute approximate surface area is 164 Å². The van der Waals surface area contributed by atoms with Crippen LogP contribution in [0.5, 0.6) is 11.6 Å². The Morgan fingerprint density at radius 1 is 1.15 bits per heavy atom. The van der Waals surface area contributed by atoms with E-state index < -0.39 is 0 Å². The van der Waals surface area contributed by atoms with Crippen molar-refractivity contribution in [3.05, 3.63) is 58.1 Å². The highest BCUT2D eigenvalue weighted by Crippen LogP contribution is 2.27. The number of pyridine rings is 2. The minimum absolute atomic E-state index is 0.298. The summed E-state index contributed by atoms with van der Waals surface area (Å²) >= 11 is 11.8. The molecule has 5 nitrogen and oxygen atoms in total. The van der Waals surface area contributed by atoms with E-state index in [1.165, 1.54) is 25.5 Å². The van der Waals surface area contributed by atoms with Crippen LogP contribution in [0.1, 0.15) is 31.9 Å². The molecule has 140 valence electrons. The minimum atomic E-state index is 0.298. The van der Waals surface area contributed by atoms with Crippen molar-refractivity contribution >= 4 is 23.2 Å². The van der Waals surface area contributed by atoms with E-state index in [2.05, 4.69) is 21.5 Å². The van der Waals surface area contributed by atoms with Crippen molar-refractivity contribution in [1.29, 1.82) is 0 Å². The Bertz CT molecular complexity index is 715. The molecule has 0 aliphatic heterocycles. The number of ether oxygens (including phenoxy) is 2. The zero-order valence-corrected chi connectivity index (χ0v) is 16.5. The summed E-state index contributed by atoms with van der Waals surface area (Å²) in [5.41, 5.74) is 2.33. The van der Waals surface area contributed by atoms with Gasteiger partial charge in [-0.05, 0) is 44.5 Å². The molecule has 1 aliphatic rings. The van der Waals surface area contributed by atoms with Crippen molar-refractivity contribution in [2.75, 3.05) is 13.7 Å². The van der Waals surface area contributed by atoms with Crippen molar-refractivity contribution in [2.45, 2.75) is 32.8 Å². The number of nitrogens with one attached hydrogen (secondary N) is 1. The molecule has 0 radical (unpaired) electrons. The molecule has 0 atom stereocenters. The van der Waals surface area contributed by atoms with Crippen LogP contribution in [0.25, 0.3) is 0 Å². The molecule has 1 saturated carbocycles. The Balaban J connectivity index is 0.000000290. The molecule has 0 aromatic carbocycles. The van der Waals surface area contributed by atoms with E-state index in [0.29, 0.717) is 34.9 Å². The number of hydrogen-bond donors (Lipinski definition) is 1. The van der Waals surface area contributed by atoms with Crippen molar-refractivity contribution in [1.82, 2.24) is 15.3 Å². The normalized spacial score (nSPS) is 12.4. The Morgan fingerprint density at radius 3 is 2.50 bits per heavy atom. The van der Waals surface area contributed by atoms with E-state index in [1.54, 1.807) is 30.0 Å². The van der Waals surface area contributed by atoms with E-state index in [9.17, 15) is 0 Å². The smallest absolute Gasteiger partial charge is 0.217 e. The lowest BCUT2D eigenvalue weighted by molar-refractivity contribution is 0.292. The number of rotatable bonds is 6. The first kappa shape index (κ1) is 20.3. The second-order valence-electron chi connectivity index (χ2n) is 5.59. The van der Waals surface area contributed by atoms with Crippen molar-refractivity contribution in [2.24, 2.45) is 0 Å². The first-order valence-corrected chi connectivity index (χ1v) is 9.24. The molecule has 2 heterocycles. The van der Waals surface area contributed by atoms with E-state index in [-0.39, 0.29) is 0 Å². The van der Waals surface area contributed by atoms with Gasteiger partial charge in [0.15, 0.2) is 0 Å². The molecule has 1 N–H and O–H groups in total. The molecule has 2 aromatic rings. The molecule has 2 aromatic heterocycles. The Hall–Kier alpha value is -1.98. The van der Waals surface area contributed by atoms with Crippen LogP contribution < -0.4 is 14.8 Å². The Kier molecular flexibility index (Phi) is 8.51. The summed E-state index contributed by atoms with van der Waals surface area (Å²) in [4.78, 5) is 8.16. The topological polar surface area (TPSA) is 56.3 Å². The summed E-state index contributed by atoms with van der Waals surface area (Å²) < 4.78 is 10.9. The average molecular weight is 396 g/mol. The van der Waals surface area contributed by atoms with Gasteiger partial charge in [-0.2, -0.15) is 0 Å². The summed E-state index contributed by atoms with van der Waals surface area (Å²) in [5, 5.41) is 4.02. The SMILES string of the molecule is CCOc1cc(OCc2ccc(Cl)cn2)c(Cl)cn1.CNC=C1CCC1. The summed E-state index contributed by atoms with van der Waals surface area (Å²) in [5.74, 6) is 0.989. The first-order valence-electron chi connectivity index (χ1n) is 8.49. The van der Waals surface area contributed by atoms with Crippen molar-refractivity contribution < 1.29 is 9.47 Å². The van der Waals surface area contributed by atoms with Gasteiger partial charge in [0.05, 0.1) is 23.5 Å². The fourth-order valence-electron chi connectivity index (χ4n) is 2.11. The summed E-state index contributed by atoms with van der Waals surface area (Å²) in [6.07, 6.45) is 9.20. The molecule has 0 spiro atoms. The van der Waals surface area contributed by atoms with Gasteiger partial charge in [0.2, 0.25) is 5.88 Å². The van der Waals surface area contributed by atoms with Crippen LogP contribution in [0, 0.1) is 0 Å². The van der Waals surface area contributed by atoms with E-state index >= 15 is 0 Å². The van der Waals surface area contributed by atoms with Crippen LogP contribution in [0.2, 0.25) is 10.0 Å². The van der Waals surface area contributed by atoms with Gasteiger partial charge in [0.25, 0.3) is 0 Å². The number of hydrogen-bond acceptors (Lipinski definition) is 5. The maximum atomic E-state index is 6.00. The zero-order valence-electron chi connectivity index (χ0n) is 15.0. The van der Waals surface area contributed by atoms with Gasteiger partial charge in [-0.15, -0.1) is 0 Å². The standard InChI is InChI=1S/C13H12Cl2N2O2.C6H11N/c1-2-18-13-5-12(11(15)7-17-13)19-8-10-4-3-9(14)6-16-10;1-7-5-6-3-2-4-6/h3-7H,2,8H2,1H3;5,7H,2-4H2,1H3. The van der Waals surface area contributed by atoms with Gasteiger partial charge in [-0.3, -0.25) is 4.98 Å². The van der Waals surface area contributed by atoms with Gasteiger partial charge in [0, 0.05) is 19.3 Å². The van der Waals surface area contributed by atoms with E-state index in [4.69, 9.17) is 32.7 Å². The average Bonchev–Trinajstić information content (AvgIpc) is 2.61. The molecule has 26 heavy (non-hydrogen) atoms. The minimum Gasteiger partial charge on any atom is -0.485 e. The van der Waals surface area contributed by atoms with E-state index in [1.807, 2.05) is 14.0 Å². The highest BCUT2D eigenvalue weighted by Gasteiger charge is 2.07. The van der Waals surface area contributed by atoms with Gasteiger partial charge in [-0.25, -0.2) is 4.98 Å². The molecule has 7 heteroatoms. The third kappa shape index (κ3) is 6.73. The molecule has 1 aliphatic carbocycles.